The number of benzene rings is 1. The highest BCUT2D eigenvalue weighted by Gasteiger charge is 2.36. The van der Waals surface area contributed by atoms with E-state index in [-0.39, 0.29) is 11.1 Å². The first-order valence-corrected chi connectivity index (χ1v) is 3.92. The number of amides is 2. The number of hydroxylamine groups is 2. The van der Waals surface area contributed by atoms with E-state index >= 15 is 0 Å². The zero-order valence-corrected chi connectivity index (χ0v) is 7.07. The summed E-state index contributed by atoms with van der Waals surface area (Å²) in [6, 6.07) is 6.25. The maximum atomic E-state index is 11.8. The van der Waals surface area contributed by atoms with Gasteiger partial charge in [0.15, 0.2) is 0 Å². The van der Waals surface area contributed by atoms with Crippen LogP contribution in [-0.2, 0) is 4.84 Å². The van der Waals surface area contributed by atoms with Crippen molar-refractivity contribution in [1.82, 2.24) is 5.06 Å². The van der Waals surface area contributed by atoms with Crippen molar-refractivity contribution in [1.29, 1.82) is 0 Å². The molecular formula is C9H6FNO3. The quantitative estimate of drug-likeness (QED) is 0.665. The Balaban J connectivity index is 2.43. The average Bonchev–Trinajstić information content (AvgIpc) is 2.45. The molecule has 1 aromatic carbocycles. The molecule has 0 spiro atoms. The molecule has 14 heavy (non-hydrogen) atoms. The highest BCUT2D eigenvalue weighted by Crippen LogP contribution is 2.22. The molecule has 0 bridgehead atoms. The second-order valence-corrected chi connectivity index (χ2v) is 2.69. The van der Waals surface area contributed by atoms with Gasteiger partial charge in [0, 0.05) is 0 Å². The third kappa shape index (κ3) is 1.10. The summed E-state index contributed by atoms with van der Waals surface area (Å²) in [5.41, 5.74) is 0.483. The molecule has 0 saturated carbocycles. The topological polar surface area (TPSA) is 46.6 Å². The van der Waals surface area contributed by atoms with E-state index in [1.54, 1.807) is 12.1 Å². The predicted molar refractivity (Wildman–Crippen MR) is 44.0 cm³/mol. The lowest BCUT2D eigenvalue weighted by Crippen LogP contribution is -2.29. The van der Waals surface area contributed by atoms with Gasteiger partial charge >= 0.3 is 0 Å². The van der Waals surface area contributed by atoms with E-state index in [0.717, 1.165) is 0 Å². The van der Waals surface area contributed by atoms with E-state index < -0.39 is 18.7 Å². The smallest absolute Gasteiger partial charge is 0.266 e. The minimum atomic E-state index is -1.20. The number of hydrogen-bond donors (Lipinski definition) is 0. The molecule has 0 aliphatic carbocycles. The number of alkyl halides is 1. The Bertz CT molecular complexity index is 370. The van der Waals surface area contributed by atoms with Crippen LogP contribution >= 0.6 is 0 Å². The second-order valence-electron chi connectivity index (χ2n) is 2.69. The van der Waals surface area contributed by atoms with Gasteiger partial charge in [-0.1, -0.05) is 12.1 Å². The number of hydrogen-bond acceptors (Lipinski definition) is 3. The summed E-state index contributed by atoms with van der Waals surface area (Å²) >= 11 is 0. The van der Waals surface area contributed by atoms with Crippen LogP contribution < -0.4 is 0 Å². The summed E-state index contributed by atoms with van der Waals surface area (Å²) in [6.45, 7) is -1.20. The van der Waals surface area contributed by atoms with Gasteiger partial charge in [-0.3, -0.25) is 9.59 Å². The second kappa shape index (κ2) is 3.19. The largest absolute Gasteiger partial charge is 0.285 e. The van der Waals surface area contributed by atoms with Crippen LogP contribution in [0, 0.1) is 0 Å². The highest BCUT2D eigenvalue weighted by molar-refractivity contribution is 6.20. The lowest BCUT2D eigenvalue weighted by molar-refractivity contribution is -0.123. The first kappa shape index (κ1) is 8.83. The van der Waals surface area contributed by atoms with Gasteiger partial charge in [0.05, 0.1) is 11.1 Å². The van der Waals surface area contributed by atoms with Crippen molar-refractivity contribution < 1.29 is 18.8 Å². The Morgan fingerprint density at radius 1 is 1.14 bits per heavy atom. The van der Waals surface area contributed by atoms with Gasteiger partial charge in [-0.15, -0.1) is 5.06 Å². The zero-order chi connectivity index (χ0) is 10.1. The van der Waals surface area contributed by atoms with Crippen LogP contribution in [0.15, 0.2) is 24.3 Å². The van der Waals surface area contributed by atoms with Crippen LogP contribution in [0.1, 0.15) is 20.7 Å². The molecule has 1 aliphatic heterocycles. The molecule has 1 aliphatic rings. The van der Waals surface area contributed by atoms with Crippen molar-refractivity contribution in [2.45, 2.75) is 0 Å². The van der Waals surface area contributed by atoms with Gasteiger partial charge in [0.25, 0.3) is 11.8 Å². The molecule has 72 valence electrons. The van der Waals surface area contributed by atoms with Gasteiger partial charge in [-0.25, -0.2) is 9.23 Å². The van der Waals surface area contributed by atoms with Crippen molar-refractivity contribution in [3.05, 3.63) is 35.4 Å². The van der Waals surface area contributed by atoms with Crippen molar-refractivity contribution in [2.75, 3.05) is 6.86 Å². The van der Waals surface area contributed by atoms with Crippen LogP contribution in [0.25, 0.3) is 0 Å². The molecule has 0 radical (unpaired) electrons. The van der Waals surface area contributed by atoms with Crippen LogP contribution in [0.5, 0.6) is 0 Å². The van der Waals surface area contributed by atoms with Crippen molar-refractivity contribution in [2.24, 2.45) is 0 Å². The average molecular weight is 195 g/mol. The predicted octanol–water partition coefficient (Wildman–Crippen LogP) is 1.14. The van der Waals surface area contributed by atoms with Gasteiger partial charge in [0.2, 0.25) is 6.86 Å². The van der Waals surface area contributed by atoms with E-state index in [1.807, 2.05) is 0 Å². The first-order valence-electron chi connectivity index (χ1n) is 3.92. The van der Waals surface area contributed by atoms with E-state index in [2.05, 4.69) is 4.84 Å². The Morgan fingerprint density at radius 2 is 1.64 bits per heavy atom. The van der Waals surface area contributed by atoms with E-state index in [0.29, 0.717) is 5.06 Å². The van der Waals surface area contributed by atoms with E-state index in [9.17, 15) is 14.0 Å². The molecule has 1 heterocycles. The number of rotatable bonds is 2. The summed E-state index contributed by atoms with van der Waals surface area (Å²) in [4.78, 5) is 27.1. The summed E-state index contributed by atoms with van der Waals surface area (Å²) in [7, 11) is 0. The molecular weight excluding hydrogens is 189 g/mol. The molecule has 0 fully saturated rings. The maximum Gasteiger partial charge on any atom is 0.285 e. The van der Waals surface area contributed by atoms with Gasteiger partial charge < -0.3 is 0 Å². The number of imide groups is 1. The fourth-order valence-corrected chi connectivity index (χ4v) is 1.33. The SMILES string of the molecule is O=C1c2ccccc2C(=O)N1OCF. The molecule has 1 aromatic rings. The van der Waals surface area contributed by atoms with Gasteiger partial charge in [-0.2, -0.15) is 0 Å². The Labute approximate surface area is 78.8 Å². The standard InChI is InChI=1S/C9H6FNO3/c10-5-14-11-8(12)6-3-1-2-4-7(6)9(11)13/h1-4H,5H2. The fraction of sp³-hybridized carbons (Fsp3) is 0.111. The number of carbonyl (C=O) groups excluding carboxylic acids is 2. The van der Waals surface area contributed by atoms with Crippen LogP contribution in [0.4, 0.5) is 4.39 Å². The molecule has 0 unspecified atom stereocenters. The third-order valence-electron chi connectivity index (χ3n) is 1.93. The molecule has 4 nitrogen and oxygen atoms in total. The van der Waals surface area contributed by atoms with Gasteiger partial charge in [-0.05, 0) is 12.1 Å². The molecule has 2 amide bonds. The number of halogens is 1. The van der Waals surface area contributed by atoms with Crippen molar-refractivity contribution >= 4 is 11.8 Å². The Hall–Kier alpha value is -1.75. The fourth-order valence-electron chi connectivity index (χ4n) is 1.33. The maximum absolute atomic E-state index is 11.8. The highest BCUT2D eigenvalue weighted by atomic mass is 19.1. The Morgan fingerprint density at radius 3 is 2.07 bits per heavy atom. The molecule has 2 rings (SSSR count). The first-order chi connectivity index (χ1) is 6.75. The summed E-state index contributed by atoms with van der Waals surface area (Å²) in [5, 5.41) is 0.435. The number of carbonyl (C=O) groups is 2. The zero-order valence-electron chi connectivity index (χ0n) is 7.07. The normalized spacial score (nSPS) is 14.8. The molecule has 0 saturated heterocycles. The number of nitrogens with zero attached hydrogens (tertiary/aromatic N) is 1. The molecule has 0 N–H and O–H groups in total. The molecule has 5 heteroatoms. The van der Waals surface area contributed by atoms with Crippen LogP contribution in [0.3, 0.4) is 0 Å². The third-order valence-corrected chi connectivity index (χ3v) is 1.93. The Kier molecular flexibility index (Phi) is 2.01. The summed E-state index contributed by atoms with van der Waals surface area (Å²) < 4.78 is 11.8. The lowest BCUT2D eigenvalue weighted by Gasteiger charge is -2.08. The monoisotopic (exact) mass is 195 g/mol. The minimum Gasteiger partial charge on any atom is -0.266 e. The minimum absolute atomic E-state index is 0.242. The van der Waals surface area contributed by atoms with Crippen molar-refractivity contribution in [3.8, 4) is 0 Å². The van der Waals surface area contributed by atoms with Gasteiger partial charge in [0.1, 0.15) is 0 Å². The number of fused-ring (bicyclic) bond motifs is 1. The summed E-state index contributed by atoms with van der Waals surface area (Å²) in [6.07, 6.45) is 0. The van der Waals surface area contributed by atoms with Crippen LogP contribution in [0.2, 0.25) is 0 Å². The molecule has 0 aromatic heterocycles. The van der Waals surface area contributed by atoms with Crippen LogP contribution in [-0.4, -0.2) is 23.7 Å². The summed E-state index contributed by atoms with van der Waals surface area (Å²) in [5.74, 6) is -1.24. The van der Waals surface area contributed by atoms with Crippen molar-refractivity contribution in [3.63, 3.8) is 0 Å². The lowest BCUT2D eigenvalue weighted by atomic mass is 10.1. The van der Waals surface area contributed by atoms with E-state index in [1.165, 1.54) is 12.1 Å². The van der Waals surface area contributed by atoms with E-state index in [4.69, 9.17) is 0 Å². The molecule has 0 atom stereocenters.